The van der Waals surface area contributed by atoms with Gasteiger partial charge in [0.1, 0.15) is 0 Å². The van der Waals surface area contributed by atoms with E-state index in [9.17, 15) is 4.79 Å². The van der Waals surface area contributed by atoms with Gasteiger partial charge in [-0.05, 0) is 19.0 Å². The summed E-state index contributed by atoms with van der Waals surface area (Å²) in [6, 6.07) is 1.06. The van der Waals surface area contributed by atoms with Crippen molar-refractivity contribution in [3.8, 4) is 0 Å². The summed E-state index contributed by atoms with van der Waals surface area (Å²) in [5.74, 6) is 0. The molecule has 0 saturated heterocycles. The van der Waals surface area contributed by atoms with Crippen LogP contribution < -0.4 is 0 Å². The maximum atomic E-state index is 10.0. The van der Waals surface area contributed by atoms with Gasteiger partial charge in [0.15, 0.2) is 0 Å². The molecule has 0 bridgehead atoms. The molecule has 2 nitrogen and oxygen atoms in total. The van der Waals surface area contributed by atoms with Crippen LogP contribution in [0, 0.1) is 0 Å². The molecule has 0 aromatic heterocycles. The van der Waals surface area contributed by atoms with E-state index in [0.717, 1.165) is 12.5 Å². The molecule has 0 aliphatic heterocycles. The highest BCUT2D eigenvalue weighted by atomic mass is 35.7. The minimum absolute atomic E-state index is 0.667. The highest BCUT2D eigenvalue weighted by molar-refractivity contribution is 7.44. The molecule has 0 atom stereocenters. The number of nitrogens with zero attached hydrogens (tertiary/aromatic N) is 1. The number of halogens is 2. The fraction of sp³-hybridized carbons (Fsp3) is 0.975. The van der Waals surface area contributed by atoms with Gasteiger partial charge in [0.05, 0.1) is 6.54 Å². The predicted molar refractivity (Wildman–Crippen MR) is 207 cm³/mol. The third-order valence-corrected chi connectivity index (χ3v) is 12.1. The second-order valence-corrected chi connectivity index (χ2v) is 22.7. The van der Waals surface area contributed by atoms with E-state index in [0.29, 0.717) is 6.54 Å². The lowest BCUT2D eigenvalue weighted by atomic mass is 10.0. The lowest BCUT2D eigenvalue weighted by Crippen LogP contribution is -2.11. The summed E-state index contributed by atoms with van der Waals surface area (Å²) in [6.45, 7) is 0.860. The van der Waals surface area contributed by atoms with E-state index in [4.69, 9.17) is 22.2 Å². The number of unbranched alkanes of at least 4 members (excludes halogenated alkanes) is 35. The molecule has 0 aromatic rings. The summed E-state index contributed by atoms with van der Waals surface area (Å²) in [4.78, 5) is 13.6. The lowest BCUT2D eigenvalue weighted by Gasteiger charge is -2.09. The molecule has 0 fully saturated rings. The second-order valence-electron chi connectivity index (χ2n) is 14.5. The van der Waals surface area contributed by atoms with Crippen LogP contribution >= 0.6 is 22.2 Å². The van der Waals surface area contributed by atoms with Gasteiger partial charge in [-0.15, -0.1) is 22.2 Å². The zero-order valence-electron chi connectivity index (χ0n) is 30.5. The maximum Gasteiger partial charge on any atom is 0.248 e. The van der Waals surface area contributed by atoms with Gasteiger partial charge in [0.25, 0.3) is 0 Å². The van der Waals surface area contributed by atoms with E-state index in [1.807, 2.05) is 6.55 Å². The molecule has 0 heterocycles. The number of rotatable bonds is 39. The minimum Gasteiger partial charge on any atom is -0.211 e. The highest BCUT2D eigenvalue weighted by Gasteiger charge is 2.19. The van der Waals surface area contributed by atoms with E-state index in [1.54, 1.807) is 6.08 Å². The van der Waals surface area contributed by atoms with Crippen LogP contribution in [0.2, 0.25) is 12.6 Å². The number of hydrogen-bond acceptors (Lipinski definition) is 2. The molecule has 0 saturated carbocycles. The summed E-state index contributed by atoms with van der Waals surface area (Å²) >= 11 is 12.3. The third kappa shape index (κ3) is 44.2. The first kappa shape index (κ1) is 45.2. The van der Waals surface area contributed by atoms with Crippen molar-refractivity contribution < 1.29 is 4.79 Å². The van der Waals surface area contributed by atoms with Crippen molar-refractivity contribution in [3.05, 3.63) is 0 Å². The van der Waals surface area contributed by atoms with Gasteiger partial charge in [0, 0.05) is 0 Å². The van der Waals surface area contributed by atoms with Crippen LogP contribution in [0.1, 0.15) is 231 Å². The Kier molecular flexibility index (Phi) is 38.8. The molecule has 268 valence electrons. The number of hydrogen-bond donors (Lipinski definition) is 0. The Labute approximate surface area is 293 Å². The first-order valence-electron chi connectivity index (χ1n) is 20.5. The van der Waals surface area contributed by atoms with Crippen LogP contribution in [0.3, 0.4) is 0 Å². The minimum atomic E-state index is -1.85. The van der Waals surface area contributed by atoms with E-state index in [-0.39, 0.29) is 0 Å². The molecule has 5 heteroatoms. The van der Waals surface area contributed by atoms with Gasteiger partial charge >= 0.3 is 0 Å². The average Bonchev–Trinajstić information content (AvgIpc) is 3.01. The van der Waals surface area contributed by atoms with E-state index < -0.39 is 6.69 Å². The lowest BCUT2D eigenvalue weighted by molar-refractivity contribution is 0.510. The van der Waals surface area contributed by atoms with Crippen molar-refractivity contribution in [2.45, 2.75) is 244 Å². The average molecular weight is 689 g/mol. The Morgan fingerprint density at radius 2 is 0.533 bits per heavy atom. The van der Waals surface area contributed by atoms with Crippen LogP contribution in [0.4, 0.5) is 0 Å². The molecule has 0 aliphatic rings. The van der Waals surface area contributed by atoms with Crippen molar-refractivity contribution in [3.63, 3.8) is 0 Å². The van der Waals surface area contributed by atoms with Gasteiger partial charge in [-0.25, -0.2) is 9.79 Å². The molecule has 0 radical (unpaired) electrons. The smallest absolute Gasteiger partial charge is 0.211 e. The Bertz CT molecular complexity index is 606. The van der Waals surface area contributed by atoms with Gasteiger partial charge < -0.3 is 0 Å². The number of aliphatic imine (C=N–C) groups is 1. The quantitative estimate of drug-likeness (QED) is 0.0208. The molecule has 0 spiro atoms. The predicted octanol–water partition coefficient (Wildman–Crippen LogP) is 15.9. The Morgan fingerprint density at radius 1 is 0.356 bits per heavy atom. The van der Waals surface area contributed by atoms with Gasteiger partial charge in [-0.2, -0.15) is 0 Å². The van der Waals surface area contributed by atoms with Gasteiger partial charge in [-0.1, -0.05) is 225 Å². The fourth-order valence-corrected chi connectivity index (χ4v) is 8.35. The van der Waals surface area contributed by atoms with Crippen LogP contribution in [0.25, 0.3) is 0 Å². The van der Waals surface area contributed by atoms with Crippen molar-refractivity contribution in [2.75, 3.05) is 6.54 Å². The summed E-state index contributed by atoms with van der Waals surface area (Å²) < 4.78 is 0. The van der Waals surface area contributed by atoms with Gasteiger partial charge in [0.2, 0.25) is 12.8 Å². The Balaban J connectivity index is 3.06. The normalized spacial score (nSPS) is 11.7. The fourth-order valence-electron chi connectivity index (χ4n) is 6.68. The monoisotopic (exact) mass is 688 g/mol. The molecule has 0 aromatic carbocycles. The SMILES string of the molecule is C[Si](Cl)(Cl)CCCCCCCCCCCCCCCCCCCCCCCCCCCCCCCCCCCCCCN=C=O. The summed E-state index contributed by atoms with van der Waals surface area (Å²) in [6.07, 6.45) is 52.5. The number of isocyanates is 1. The van der Waals surface area contributed by atoms with Crippen molar-refractivity contribution in [2.24, 2.45) is 4.99 Å². The summed E-state index contributed by atoms with van der Waals surface area (Å²) in [7, 11) is 0. The Hall–Kier alpha value is 0.177. The Morgan fingerprint density at radius 3 is 0.711 bits per heavy atom. The maximum absolute atomic E-state index is 10.0. The zero-order valence-corrected chi connectivity index (χ0v) is 33.0. The largest absolute Gasteiger partial charge is 0.248 e. The first-order valence-corrected chi connectivity index (χ1v) is 25.2. The van der Waals surface area contributed by atoms with Crippen LogP contribution in [-0.2, 0) is 4.79 Å². The molecular formula is C40H79Cl2NOSi. The third-order valence-electron chi connectivity index (χ3n) is 9.70. The molecule has 45 heavy (non-hydrogen) atoms. The topological polar surface area (TPSA) is 29.4 Å². The zero-order chi connectivity index (χ0) is 32.8. The van der Waals surface area contributed by atoms with Crippen LogP contribution in [-0.4, -0.2) is 19.3 Å². The van der Waals surface area contributed by atoms with Crippen LogP contribution in [0.5, 0.6) is 0 Å². The van der Waals surface area contributed by atoms with Crippen molar-refractivity contribution >= 4 is 34.9 Å². The molecule has 0 rings (SSSR count). The molecular weight excluding hydrogens is 609 g/mol. The highest BCUT2D eigenvalue weighted by Crippen LogP contribution is 2.23. The summed E-state index contributed by atoms with van der Waals surface area (Å²) in [5, 5.41) is 0. The van der Waals surface area contributed by atoms with Crippen molar-refractivity contribution in [1.29, 1.82) is 0 Å². The van der Waals surface area contributed by atoms with Crippen molar-refractivity contribution in [1.82, 2.24) is 0 Å². The molecule has 0 aliphatic carbocycles. The standard InChI is InChI=1S/C40H79Cl2NOSi/c1-45(41,42)39-37-35-33-31-29-27-25-23-21-19-17-15-13-11-9-7-5-3-2-4-6-8-10-12-14-16-18-20-22-24-26-28-30-32-34-36-38-43-40-44/h2-39H2,1H3. The second kappa shape index (κ2) is 38.6. The molecule has 0 N–H and O–H groups in total. The van der Waals surface area contributed by atoms with E-state index in [1.165, 1.54) is 225 Å². The van der Waals surface area contributed by atoms with Crippen LogP contribution in [0.15, 0.2) is 4.99 Å². The first-order chi connectivity index (χ1) is 22.1. The molecule has 0 amide bonds. The van der Waals surface area contributed by atoms with Gasteiger partial charge in [-0.3, -0.25) is 0 Å². The molecule has 0 unspecified atom stereocenters. The summed E-state index contributed by atoms with van der Waals surface area (Å²) in [5.41, 5.74) is 0. The van der Waals surface area contributed by atoms with E-state index in [2.05, 4.69) is 4.99 Å². The van der Waals surface area contributed by atoms with E-state index >= 15 is 0 Å². The number of carbonyl (C=O) groups excluding carboxylic acids is 1.